The molecule has 2 aromatic carbocycles. The lowest BCUT2D eigenvalue weighted by atomic mass is 10.1. The zero-order chi connectivity index (χ0) is 18.2. The lowest BCUT2D eigenvalue weighted by molar-refractivity contribution is -0.137. The molecule has 1 aliphatic heterocycles. The van der Waals surface area contributed by atoms with Crippen LogP contribution in [0.25, 0.3) is 6.08 Å². The number of anilines is 1. The molecule has 1 saturated heterocycles. The van der Waals surface area contributed by atoms with Crippen molar-refractivity contribution in [3.8, 4) is 0 Å². The highest BCUT2D eigenvalue weighted by molar-refractivity contribution is 9.10. The monoisotopic (exact) mass is 443 g/mol. The molecule has 25 heavy (non-hydrogen) atoms. The molecule has 1 amide bonds. The SMILES string of the molecule is O=C1/C(=C\c2cccc(C(F)(F)F)c2)SC(=S)N1c1cccc(Br)c1. The molecule has 0 N–H and O–H groups in total. The topological polar surface area (TPSA) is 20.3 Å². The molecule has 1 heterocycles. The standard InChI is InChI=1S/C17H9BrF3NOS2/c18-12-5-2-6-13(9-12)22-15(23)14(25-16(22)24)8-10-3-1-4-11(7-10)17(19,20)21/h1-9H/b14-8+. The van der Waals surface area contributed by atoms with E-state index in [4.69, 9.17) is 12.2 Å². The first-order chi connectivity index (χ1) is 11.8. The van der Waals surface area contributed by atoms with E-state index in [-0.39, 0.29) is 10.8 Å². The van der Waals surface area contributed by atoms with Crippen LogP contribution in [0, 0.1) is 0 Å². The van der Waals surface area contributed by atoms with Gasteiger partial charge in [0.1, 0.15) is 0 Å². The Balaban J connectivity index is 1.93. The maximum Gasteiger partial charge on any atom is 0.416 e. The first kappa shape index (κ1) is 18.2. The molecule has 2 nitrogen and oxygen atoms in total. The van der Waals surface area contributed by atoms with Gasteiger partial charge in [0.2, 0.25) is 0 Å². The normalized spacial score (nSPS) is 16.8. The highest BCUT2D eigenvalue weighted by atomic mass is 79.9. The maximum atomic E-state index is 12.8. The van der Waals surface area contributed by atoms with Crippen molar-refractivity contribution in [3.63, 3.8) is 0 Å². The predicted molar refractivity (Wildman–Crippen MR) is 101 cm³/mol. The van der Waals surface area contributed by atoms with Crippen LogP contribution < -0.4 is 4.90 Å². The number of nitrogens with zero attached hydrogens (tertiary/aromatic N) is 1. The Morgan fingerprint density at radius 2 is 1.84 bits per heavy atom. The molecule has 2 aromatic rings. The number of thiocarbonyl (C=S) groups is 1. The van der Waals surface area contributed by atoms with E-state index < -0.39 is 11.7 Å². The number of carbonyl (C=O) groups excluding carboxylic acids is 1. The summed E-state index contributed by atoms with van der Waals surface area (Å²) in [6.07, 6.45) is -3.01. The molecule has 0 aromatic heterocycles. The molecule has 0 saturated carbocycles. The Morgan fingerprint density at radius 3 is 2.52 bits per heavy atom. The molecule has 3 rings (SSSR count). The van der Waals surface area contributed by atoms with Gasteiger partial charge < -0.3 is 0 Å². The molecular formula is C17H9BrF3NOS2. The summed E-state index contributed by atoms with van der Waals surface area (Å²) in [4.78, 5) is 14.3. The molecule has 0 spiro atoms. The average molecular weight is 444 g/mol. The summed E-state index contributed by atoms with van der Waals surface area (Å²) >= 11 is 9.65. The van der Waals surface area contributed by atoms with Gasteiger partial charge in [-0.3, -0.25) is 9.69 Å². The van der Waals surface area contributed by atoms with E-state index in [0.29, 0.717) is 15.6 Å². The lowest BCUT2D eigenvalue weighted by Gasteiger charge is -2.14. The van der Waals surface area contributed by atoms with Crippen LogP contribution in [0.5, 0.6) is 0 Å². The second-order valence-electron chi connectivity index (χ2n) is 5.12. The first-order valence-corrected chi connectivity index (χ1v) is 8.98. The van der Waals surface area contributed by atoms with Gasteiger partial charge in [-0.05, 0) is 42.0 Å². The van der Waals surface area contributed by atoms with Crippen molar-refractivity contribution in [1.82, 2.24) is 0 Å². The second-order valence-corrected chi connectivity index (χ2v) is 7.71. The lowest BCUT2D eigenvalue weighted by Crippen LogP contribution is -2.27. The van der Waals surface area contributed by atoms with Gasteiger partial charge >= 0.3 is 6.18 Å². The van der Waals surface area contributed by atoms with Crippen LogP contribution in [-0.4, -0.2) is 10.2 Å². The van der Waals surface area contributed by atoms with Crippen LogP contribution >= 0.6 is 39.9 Å². The highest BCUT2D eigenvalue weighted by Crippen LogP contribution is 2.37. The molecule has 1 aliphatic rings. The number of hydrogen-bond donors (Lipinski definition) is 0. The number of amides is 1. The minimum atomic E-state index is -4.43. The van der Waals surface area contributed by atoms with Crippen LogP contribution in [0.15, 0.2) is 57.9 Å². The average Bonchev–Trinajstić information content (AvgIpc) is 2.81. The summed E-state index contributed by atoms with van der Waals surface area (Å²) in [5, 5.41) is 0. The zero-order valence-electron chi connectivity index (χ0n) is 12.4. The van der Waals surface area contributed by atoms with E-state index in [0.717, 1.165) is 28.4 Å². The molecule has 0 aliphatic carbocycles. The summed E-state index contributed by atoms with van der Waals surface area (Å²) in [6, 6.07) is 11.9. The number of halogens is 4. The molecule has 0 bridgehead atoms. The van der Waals surface area contributed by atoms with Crippen LogP contribution in [0.4, 0.5) is 18.9 Å². The van der Waals surface area contributed by atoms with Gasteiger partial charge in [0, 0.05) is 4.47 Å². The van der Waals surface area contributed by atoms with E-state index >= 15 is 0 Å². The van der Waals surface area contributed by atoms with Crippen molar-refractivity contribution in [2.24, 2.45) is 0 Å². The number of benzene rings is 2. The van der Waals surface area contributed by atoms with Gasteiger partial charge in [0.15, 0.2) is 4.32 Å². The Hall–Kier alpha value is -1.64. The van der Waals surface area contributed by atoms with E-state index in [2.05, 4.69) is 15.9 Å². The third-order valence-electron chi connectivity index (χ3n) is 3.37. The van der Waals surface area contributed by atoms with Crippen LogP contribution in [0.2, 0.25) is 0 Å². The summed E-state index contributed by atoms with van der Waals surface area (Å²) in [5.41, 5.74) is 0.137. The zero-order valence-corrected chi connectivity index (χ0v) is 15.6. The summed E-state index contributed by atoms with van der Waals surface area (Å²) < 4.78 is 39.6. The van der Waals surface area contributed by atoms with E-state index in [1.165, 1.54) is 23.1 Å². The van der Waals surface area contributed by atoms with Crippen LogP contribution in [0.1, 0.15) is 11.1 Å². The largest absolute Gasteiger partial charge is 0.416 e. The predicted octanol–water partition coefficient (Wildman–Crippen LogP) is 5.87. The number of alkyl halides is 3. The van der Waals surface area contributed by atoms with Crippen molar-refractivity contribution in [2.75, 3.05) is 4.90 Å². The van der Waals surface area contributed by atoms with E-state index in [1.54, 1.807) is 18.2 Å². The minimum Gasteiger partial charge on any atom is -0.268 e. The third-order valence-corrected chi connectivity index (χ3v) is 5.17. The van der Waals surface area contributed by atoms with Crippen molar-refractivity contribution in [1.29, 1.82) is 0 Å². The molecule has 8 heteroatoms. The molecular weight excluding hydrogens is 435 g/mol. The second kappa shape index (κ2) is 6.93. The van der Waals surface area contributed by atoms with E-state index in [1.807, 2.05) is 6.07 Å². The maximum absolute atomic E-state index is 12.8. The van der Waals surface area contributed by atoms with Gasteiger partial charge in [0.05, 0.1) is 16.2 Å². The third kappa shape index (κ3) is 3.96. The molecule has 1 fully saturated rings. The number of rotatable bonds is 2. The Labute approximate surface area is 159 Å². The molecule has 0 unspecified atom stereocenters. The summed E-state index contributed by atoms with van der Waals surface area (Å²) in [6.45, 7) is 0. The van der Waals surface area contributed by atoms with Crippen LogP contribution in [-0.2, 0) is 11.0 Å². The first-order valence-electron chi connectivity index (χ1n) is 6.96. The number of thioether (sulfide) groups is 1. The smallest absolute Gasteiger partial charge is 0.268 e. The number of hydrogen-bond acceptors (Lipinski definition) is 3. The van der Waals surface area contributed by atoms with Gasteiger partial charge in [-0.2, -0.15) is 13.2 Å². The van der Waals surface area contributed by atoms with Crippen molar-refractivity contribution in [2.45, 2.75) is 6.18 Å². The van der Waals surface area contributed by atoms with Gasteiger partial charge in [-0.25, -0.2) is 0 Å². The van der Waals surface area contributed by atoms with Crippen molar-refractivity contribution in [3.05, 3.63) is 69.0 Å². The van der Waals surface area contributed by atoms with Gasteiger partial charge in [-0.15, -0.1) is 0 Å². The van der Waals surface area contributed by atoms with Crippen LogP contribution in [0.3, 0.4) is 0 Å². The fraction of sp³-hybridized carbons (Fsp3) is 0.0588. The Morgan fingerprint density at radius 1 is 1.12 bits per heavy atom. The van der Waals surface area contributed by atoms with Gasteiger partial charge in [-0.1, -0.05) is 58.1 Å². The quantitative estimate of drug-likeness (QED) is 0.427. The molecule has 0 atom stereocenters. The summed E-state index contributed by atoms with van der Waals surface area (Å²) in [5.74, 6) is -0.356. The summed E-state index contributed by atoms with van der Waals surface area (Å²) in [7, 11) is 0. The highest BCUT2D eigenvalue weighted by Gasteiger charge is 2.34. The molecule has 128 valence electrons. The number of carbonyl (C=O) groups is 1. The van der Waals surface area contributed by atoms with Crippen molar-refractivity contribution >= 4 is 61.9 Å². The minimum absolute atomic E-state index is 0.282. The van der Waals surface area contributed by atoms with Crippen molar-refractivity contribution < 1.29 is 18.0 Å². The Kier molecular flexibility index (Phi) is 5.04. The van der Waals surface area contributed by atoms with E-state index in [9.17, 15) is 18.0 Å². The fourth-order valence-corrected chi connectivity index (χ4v) is 3.95. The fourth-order valence-electron chi connectivity index (χ4n) is 2.26. The van der Waals surface area contributed by atoms with Gasteiger partial charge in [0.25, 0.3) is 5.91 Å². The Bertz CT molecular complexity index is 895. The molecule has 0 radical (unpaired) electrons.